The molecule has 2 N–H and O–H groups in total. The van der Waals surface area contributed by atoms with E-state index in [1.165, 1.54) is 18.0 Å². The minimum absolute atomic E-state index is 0.0744. The van der Waals surface area contributed by atoms with Gasteiger partial charge in [0.2, 0.25) is 0 Å². The highest BCUT2D eigenvalue weighted by molar-refractivity contribution is 7.98. The lowest BCUT2D eigenvalue weighted by molar-refractivity contribution is 0.470. The monoisotopic (exact) mass is 171 g/mol. The average molecular weight is 171 g/mol. The molecule has 0 fully saturated rings. The first-order valence-electron chi connectivity index (χ1n) is 3.05. The van der Waals surface area contributed by atoms with Gasteiger partial charge in [-0.05, 0) is 6.26 Å². The van der Waals surface area contributed by atoms with Gasteiger partial charge in [-0.2, -0.15) is 0 Å². The van der Waals surface area contributed by atoms with Gasteiger partial charge in [0.1, 0.15) is 0 Å². The van der Waals surface area contributed by atoms with Crippen molar-refractivity contribution >= 4 is 17.6 Å². The minimum atomic E-state index is 0.0744. The molecular weight excluding hydrogens is 162 g/mol. The number of aromatic nitrogens is 2. The first-order valence-corrected chi connectivity index (χ1v) is 4.28. The maximum Gasteiger partial charge on any atom is 0.189 e. The second kappa shape index (κ2) is 3.43. The standard InChI is InChI=1S/C6H9N3OS/c1-7-5-4(10)3-8-6(9-5)11-2/h3,10H,1-2H3,(H,7,8,9). The van der Waals surface area contributed by atoms with Gasteiger partial charge in [-0.15, -0.1) is 0 Å². The van der Waals surface area contributed by atoms with Crippen LogP contribution in [0.5, 0.6) is 5.75 Å². The van der Waals surface area contributed by atoms with E-state index in [4.69, 9.17) is 5.11 Å². The topological polar surface area (TPSA) is 58.0 Å². The highest BCUT2D eigenvalue weighted by Gasteiger charge is 2.01. The Balaban J connectivity index is 3.02. The molecule has 0 saturated heterocycles. The quantitative estimate of drug-likeness (QED) is 0.512. The van der Waals surface area contributed by atoms with Crippen molar-refractivity contribution in [3.05, 3.63) is 6.20 Å². The Bertz CT molecular complexity index is 254. The van der Waals surface area contributed by atoms with E-state index in [9.17, 15) is 0 Å². The van der Waals surface area contributed by atoms with Crippen molar-refractivity contribution in [1.82, 2.24) is 9.97 Å². The molecule has 4 nitrogen and oxygen atoms in total. The molecule has 0 aromatic carbocycles. The molecule has 0 amide bonds. The summed E-state index contributed by atoms with van der Waals surface area (Å²) in [5, 5.41) is 12.5. The van der Waals surface area contributed by atoms with Crippen LogP contribution in [-0.2, 0) is 0 Å². The Labute approximate surface area is 69.1 Å². The van der Waals surface area contributed by atoms with Crippen LogP contribution in [0, 0.1) is 0 Å². The van der Waals surface area contributed by atoms with E-state index in [1.807, 2.05) is 6.26 Å². The van der Waals surface area contributed by atoms with Crippen LogP contribution in [0.15, 0.2) is 11.4 Å². The molecule has 11 heavy (non-hydrogen) atoms. The molecule has 0 bridgehead atoms. The van der Waals surface area contributed by atoms with Gasteiger partial charge < -0.3 is 10.4 Å². The molecule has 60 valence electrons. The summed E-state index contributed by atoms with van der Waals surface area (Å²) in [6.07, 6.45) is 3.26. The summed E-state index contributed by atoms with van der Waals surface area (Å²) in [7, 11) is 1.70. The highest BCUT2D eigenvalue weighted by atomic mass is 32.2. The smallest absolute Gasteiger partial charge is 0.189 e. The highest BCUT2D eigenvalue weighted by Crippen LogP contribution is 2.20. The normalized spacial score (nSPS) is 9.64. The lowest BCUT2D eigenvalue weighted by atomic mass is 10.5. The third kappa shape index (κ3) is 1.74. The zero-order valence-corrected chi connectivity index (χ0v) is 7.14. The zero-order chi connectivity index (χ0) is 8.27. The maximum atomic E-state index is 9.13. The van der Waals surface area contributed by atoms with Crippen LogP contribution < -0.4 is 5.32 Å². The lowest BCUT2D eigenvalue weighted by Gasteiger charge is -2.02. The van der Waals surface area contributed by atoms with Crippen molar-refractivity contribution in [1.29, 1.82) is 0 Å². The molecule has 0 aliphatic heterocycles. The predicted molar refractivity (Wildman–Crippen MR) is 45.0 cm³/mol. The molecular formula is C6H9N3OS. The van der Waals surface area contributed by atoms with E-state index in [0.29, 0.717) is 11.0 Å². The first kappa shape index (κ1) is 8.13. The summed E-state index contributed by atoms with van der Waals surface area (Å²) in [5.74, 6) is 0.537. The fraction of sp³-hybridized carbons (Fsp3) is 0.333. The number of anilines is 1. The van der Waals surface area contributed by atoms with Crippen LogP contribution >= 0.6 is 11.8 Å². The number of hydrogen-bond donors (Lipinski definition) is 2. The van der Waals surface area contributed by atoms with Crippen LogP contribution in [-0.4, -0.2) is 28.4 Å². The Kier molecular flexibility index (Phi) is 2.53. The van der Waals surface area contributed by atoms with Crippen molar-refractivity contribution in [2.24, 2.45) is 0 Å². The number of thioether (sulfide) groups is 1. The largest absolute Gasteiger partial charge is 0.503 e. The summed E-state index contributed by atoms with van der Waals surface area (Å²) in [4.78, 5) is 7.87. The molecule has 5 heteroatoms. The summed E-state index contributed by atoms with van der Waals surface area (Å²) < 4.78 is 0. The summed E-state index contributed by atoms with van der Waals surface area (Å²) in [6, 6.07) is 0. The molecule has 0 saturated carbocycles. The zero-order valence-electron chi connectivity index (χ0n) is 6.33. The van der Waals surface area contributed by atoms with Gasteiger partial charge in [-0.3, -0.25) is 0 Å². The molecule has 0 radical (unpaired) electrons. The summed E-state index contributed by atoms with van der Waals surface area (Å²) >= 11 is 1.43. The average Bonchev–Trinajstić information content (AvgIpc) is 2.05. The molecule has 0 aliphatic rings. The van der Waals surface area contributed by atoms with Crippen LogP contribution in [0.3, 0.4) is 0 Å². The third-order valence-corrected chi connectivity index (χ3v) is 1.73. The van der Waals surface area contributed by atoms with E-state index < -0.39 is 0 Å². The van der Waals surface area contributed by atoms with Gasteiger partial charge in [0.05, 0.1) is 6.20 Å². The molecule has 1 aromatic heterocycles. The van der Waals surface area contributed by atoms with Crippen molar-refractivity contribution in [2.45, 2.75) is 5.16 Å². The Morgan fingerprint density at radius 3 is 2.91 bits per heavy atom. The van der Waals surface area contributed by atoms with Gasteiger partial charge in [0.15, 0.2) is 16.7 Å². The first-order chi connectivity index (χ1) is 5.27. The molecule has 0 spiro atoms. The number of nitrogens with zero attached hydrogens (tertiary/aromatic N) is 2. The Morgan fingerprint density at radius 2 is 2.36 bits per heavy atom. The second-order valence-electron chi connectivity index (χ2n) is 1.84. The molecule has 1 rings (SSSR count). The fourth-order valence-corrected chi connectivity index (χ4v) is 0.982. The second-order valence-corrected chi connectivity index (χ2v) is 2.61. The van der Waals surface area contributed by atoms with Crippen LogP contribution in [0.1, 0.15) is 0 Å². The van der Waals surface area contributed by atoms with Gasteiger partial charge in [-0.1, -0.05) is 11.8 Å². The summed E-state index contributed by atoms with van der Waals surface area (Å²) in [6.45, 7) is 0. The Morgan fingerprint density at radius 1 is 1.64 bits per heavy atom. The number of nitrogens with one attached hydrogen (secondary N) is 1. The third-order valence-electron chi connectivity index (χ3n) is 1.17. The molecule has 1 heterocycles. The van der Waals surface area contributed by atoms with Crippen molar-refractivity contribution in [3.63, 3.8) is 0 Å². The summed E-state index contributed by atoms with van der Waals surface area (Å²) in [5.41, 5.74) is 0. The lowest BCUT2D eigenvalue weighted by Crippen LogP contribution is -1.95. The minimum Gasteiger partial charge on any atom is -0.503 e. The van der Waals surface area contributed by atoms with E-state index >= 15 is 0 Å². The van der Waals surface area contributed by atoms with Crippen LogP contribution in [0.4, 0.5) is 5.82 Å². The van der Waals surface area contributed by atoms with E-state index in [2.05, 4.69) is 15.3 Å². The number of rotatable bonds is 2. The van der Waals surface area contributed by atoms with Crippen LogP contribution in [0.2, 0.25) is 0 Å². The van der Waals surface area contributed by atoms with Gasteiger partial charge in [-0.25, -0.2) is 9.97 Å². The van der Waals surface area contributed by atoms with Crippen LogP contribution in [0.25, 0.3) is 0 Å². The van der Waals surface area contributed by atoms with Crippen molar-refractivity contribution < 1.29 is 5.11 Å². The fourth-order valence-electron chi connectivity index (χ4n) is 0.642. The number of hydrogen-bond acceptors (Lipinski definition) is 5. The van der Waals surface area contributed by atoms with E-state index in [0.717, 1.165) is 0 Å². The number of aromatic hydroxyl groups is 1. The van der Waals surface area contributed by atoms with E-state index in [-0.39, 0.29) is 5.75 Å². The molecule has 0 aliphatic carbocycles. The van der Waals surface area contributed by atoms with Crippen molar-refractivity contribution in [2.75, 3.05) is 18.6 Å². The van der Waals surface area contributed by atoms with Gasteiger partial charge in [0.25, 0.3) is 0 Å². The molecule has 0 unspecified atom stereocenters. The van der Waals surface area contributed by atoms with Crippen molar-refractivity contribution in [3.8, 4) is 5.75 Å². The molecule has 1 aromatic rings. The predicted octanol–water partition coefficient (Wildman–Crippen LogP) is 0.946. The van der Waals surface area contributed by atoms with Gasteiger partial charge in [0, 0.05) is 7.05 Å². The van der Waals surface area contributed by atoms with Gasteiger partial charge >= 0.3 is 0 Å². The Hall–Kier alpha value is -0.970. The molecule has 0 atom stereocenters. The SMILES string of the molecule is CNc1nc(SC)ncc1O. The van der Waals surface area contributed by atoms with E-state index in [1.54, 1.807) is 7.05 Å². The maximum absolute atomic E-state index is 9.13.